The smallest absolute Gasteiger partial charge is 0.145 e. The van der Waals surface area contributed by atoms with Crippen LogP contribution in [0.1, 0.15) is 12.1 Å². The molecule has 17 heavy (non-hydrogen) atoms. The zero-order valence-electron chi connectivity index (χ0n) is 10.2. The largest absolute Gasteiger partial charge is 0.487 e. The molecule has 0 radical (unpaired) electrons. The molecule has 1 aromatic heterocycles. The standard InChI is InChI=1S/C13H17N3O/c1-9-11-4-3-5-12(13(11)16(2)15-9)17-10-6-7-14-8-10/h3-5,10,14H,6-8H2,1-2H3. The van der Waals surface area contributed by atoms with Crippen molar-refractivity contribution in [2.45, 2.75) is 19.4 Å². The Morgan fingerprint density at radius 2 is 2.35 bits per heavy atom. The van der Waals surface area contributed by atoms with Crippen molar-refractivity contribution in [1.29, 1.82) is 0 Å². The highest BCUT2D eigenvalue weighted by molar-refractivity contribution is 5.87. The van der Waals surface area contributed by atoms with Gasteiger partial charge in [0.05, 0.1) is 5.69 Å². The van der Waals surface area contributed by atoms with Crippen LogP contribution in [-0.4, -0.2) is 29.0 Å². The Balaban J connectivity index is 2.03. The van der Waals surface area contributed by atoms with Crippen LogP contribution in [0.5, 0.6) is 5.75 Å². The van der Waals surface area contributed by atoms with Gasteiger partial charge >= 0.3 is 0 Å². The van der Waals surface area contributed by atoms with Gasteiger partial charge in [-0.25, -0.2) is 0 Å². The van der Waals surface area contributed by atoms with Gasteiger partial charge in [-0.1, -0.05) is 12.1 Å². The van der Waals surface area contributed by atoms with E-state index in [1.807, 2.05) is 30.8 Å². The molecule has 1 N–H and O–H groups in total. The second-order valence-electron chi connectivity index (χ2n) is 4.59. The summed E-state index contributed by atoms with van der Waals surface area (Å²) in [5.74, 6) is 0.944. The van der Waals surface area contributed by atoms with E-state index in [2.05, 4.69) is 16.5 Å². The van der Waals surface area contributed by atoms with E-state index in [4.69, 9.17) is 4.74 Å². The van der Waals surface area contributed by atoms with Crippen molar-refractivity contribution in [1.82, 2.24) is 15.1 Å². The number of benzene rings is 1. The molecule has 1 unspecified atom stereocenters. The van der Waals surface area contributed by atoms with E-state index >= 15 is 0 Å². The monoisotopic (exact) mass is 231 g/mol. The summed E-state index contributed by atoms with van der Waals surface area (Å²) in [7, 11) is 1.97. The number of rotatable bonds is 2. The summed E-state index contributed by atoms with van der Waals surface area (Å²) >= 11 is 0. The van der Waals surface area contributed by atoms with E-state index in [0.717, 1.165) is 36.5 Å². The maximum Gasteiger partial charge on any atom is 0.145 e. The second-order valence-corrected chi connectivity index (χ2v) is 4.59. The lowest BCUT2D eigenvalue weighted by Gasteiger charge is -2.13. The fourth-order valence-corrected chi connectivity index (χ4v) is 2.48. The number of aromatic nitrogens is 2. The molecule has 1 aliphatic heterocycles. The second kappa shape index (κ2) is 4.04. The Morgan fingerprint density at radius 1 is 1.47 bits per heavy atom. The van der Waals surface area contributed by atoms with Crippen LogP contribution in [0.25, 0.3) is 10.9 Å². The number of nitrogens with zero attached hydrogens (tertiary/aromatic N) is 2. The summed E-state index contributed by atoms with van der Waals surface area (Å²) in [5.41, 5.74) is 2.15. The Bertz CT molecular complexity index is 541. The molecule has 2 aromatic rings. The predicted molar refractivity (Wildman–Crippen MR) is 67.4 cm³/mol. The first-order valence-electron chi connectivity index (χ1n) is 6.05. The fraction of sp³-hybridized carbons (Fsp3) is 0.462. The van der Waals surface area contributed by atoms with Crippen molar-refractivity contribution in [2.75, 3.05) is 13.1 Å². The summed E-state index contributed by atoms with van der Waals surface area (Å²) in [6.45, 7) is 4.02. The van der Waals surface area contributed by atoms with Crippen molar-refractivity contribution in [3.63, 3.8) is 0 Å². The highest BCUT2D eigenvalue weighted by atomic mass is 16.5. The van der Waals surface area contributed by atoms with Crippen molar-refractivity contribution in [3.8, 4) is 5.75 Å². The first-order valence-corrected chi connectivity index (χ1v) is 6.05. The summed E-state index contributed by atoms with van der Waals surface area (Å²) in [5, 5.41) is 8.94. The SMILES string of the molecule is Cc1nn(C)c2c(OC3CCNC3)cccc12. The van der Waals surface area contributed by atoms with Crippen molar-refractivity contribution >= 4 is 10.9 Å². The third kappa shape index (κ3) is 1.78. The predicted octanol–water partition coefficient (Wildman–Crippen LogP) is 1.62. The number of para-hydroxylation sites is 1. The van der Waals surface area contributed by atoms with E-state index in [1.54, 1.807) is 0 Å². The maximum absolute atomic E-state index is 6.06. The van der Waals surface area contributed by atoms with E-state index in [9.17, 15) is 0 Å². The molecule has 0 spiro atoms. The van der Waals surface area contributed by atoms with Crippen molar-refractivity contribution < 1.29 is 4.74 Å². The van der Waals surface area contributed by atoms with Crippen LogP contribution in [0.4, 0.5) is 0 Å². The lowest BCUT2D eigenvalue weighted by molar-refractivity contribution is 0.225. The van der Waals surface area contributed by atoms with E-state index in [0.29, 0.717) is 0 Å². The Kier molecular flexibility index (Phi) is 2.52. The lowest BCUT2D eigenvalue weighted by atomic mass is 10.2. The Hall–Kier alpha value is -1.55. The zero-order chi connectivity index (χ0) is 11.8. The summed E-state index contributed by atoms with van der Waals surface area (Å²) in [6, 6.07) is 6.16. The molecule has 0 bridgehead atoms. The third-order valence-electron chi connectivity index (χ3n) is 3.32. The molecule has 0 aliphatic carbocycles. The number of aryl methyl sites for hydroxylation is 2. The van der Waals surface area contributed by atoms with Gasteiger partial charge in [0.25, 0.3) is 0 Å². The molecule has 1 saturated heterocycles. The average Bonchev–Trinajstić information content (AvgIpc) is 2.90. The normalized spacial score (nSPS) is 20.0. The molecule has 1 aliphatic rings. The Labute approximate surface area is 101 Å². The first-order chi connectivity index (χ1) is 8.25. The van der Waals surface area contributed by atoms with Crippen LogP contribution in [0.2, 0.25) is 0 Å². The van der Waals surface area contributed by atoms with Gasteiger partial charge < -0.3 is 10.1 Å². The molecule has 1 aromatic carbocycles. The molecule has 4 heteroatoms. The first kappa shape index (κ1) is 10.6. The van der Waals surface area contributed by atoms with E-state index in [-0.39, 0.29) is 6.10 Å². The molecule has 0 saturated carbocycles. The topological polar surface area (TPSA) is 39.1 Å². The van der Waals surface area contributed by atoms with Crippen LogP contribution < -0.4 is 10.1 Å². The highest BCUT2D eigenvalue weighted by Crippen LogP contribution is 2.28. The van der Waals surface area contributed by atoms with Gasteiger partial charge in [0, 0.05) is 19.0 Å². The summed E-state index contributed by atoms with van der Waals surface area (Å²) < 4.78 is 7.96. The van der Waals surface area contributed by atoms with Gasteiger partial charge in [0.1, 0.15) is 17.4 Å². The summed E-state index contributed by atoms with van der Waals surface area (Å²) in [4.78, 5) is 0. The number of ether oxygens (including phenoxy) is 1. The zero-order valence-corrected chi connectivity index (χ0v) is 10.2. The van der Waals surface area contributed by atoms with Gasteiger partial charge in [-0.2, -0.15) is 5.10 Å². The van der Waals surface area contributed by atoms with Crippen LogP contribution in [0.15, 0.2) is 18.2 Å². The molecule has 0 amide bonds. The quantitative estimate of drug-likeness (QED) is 0.853. The van der Waals surface area contributed by atoms with Gasteiger partial charge in [0.2, 0.25) is 0 Å². The minimum atomic E-state index is 0.288. The van der Waals surface area contributed by atoms with Gasteiger partial charge in [-0.15, -0.1) is 0 Å². The number of hydrogen-bond donors (Lipinski definition) is 1. The van der Waals surface area contributed by atoms with Crippen molar-refractivity contribution in [2.24, 2.45) is 7.05 Å². The molecular weight excluding hydrogens is 214 g/mol. The number of fused-ring (bicyclic) bond motifs is 1. The Morgan fingerprint density at radius 3 is 3.12 bits per heavy atom. The third-order valence-corrected chi connectivity index (χ3v) is 3.32. The maximum atomic E-state index is 6.06. The van der Waals surface area contributed by atoms with Gasteiger partial charge in [-0.05, 0) is 26.0 Å². The van der Waals surface area contributed by atoms with Gasteiger partial charge in [0.15, 0.2) is 0 Å². The van der Waals surface area contributed by atoms with Crippen LogP contribution in [0.3, 0.4) is 0 Å². The van der Waals surface area contributed by atoms with Crippen LogP contribution in [0, 0.1) is 6.92 Å². The number of nitrogens with one attached hydrogen (secondary N) is 1. The van der Waals surface area contributed by atoms with Gasteiger partial charge in [-0.3, -0.25) is 4.68 Å². The summed E-state index contributed by atoms with van der Waals surface area (Å²) in [6.07, 6.45) is 1.36. The highest BCUT2D eigenvalue weighted by Gasteiger charge is 2.18. The minimum absolute atomic E-state index is 0.288. The fourth-order valence-electron chi connectivity index (χ4n) is 2.48. The minimum Gasteiger partial charge on any atom is -0.487 e. The van der Waals surface area contributed by atoms with Crippen LogP contribution in [-0.2, 0) is 7.05 Å². The van der Waals surface area contributed by atoms with Crippen LogP contribution >= 0.6 is 0 Å². The molecular formula is C13H17N3O. The average molecular weight is 231 g/mol. The number of hydrogen-bond acceptors (Lipinski definition) is 3. The van der Waals surface area contributed by atoms with E-state index < -0.39 is 0 Å². The molecule has 1 atom stereocenters. The van der Waals surface area contributed by atoms with Crippen molar-refractivity contribution in [3.05, 3.63) is 23.9 Å². The molecule has 4 nitrogen and oxygen atoms in total. The van der Waals surface area contributed by atoms with E-state index in [1.165, 1.54) is 5.39 Å². The molecule has 90 valence electrons. The molecule has 2 heterocycles. The molecule has 1 fully saturated rings. The lowest BCUT2D eigenvalue weighted by Crippen LogP contribution is -2.19. The molecule has 3 rings (SSSR count).